The second kappa shape index (κ2) is 4.33. The summed E-state index contributed by atoms with van der Waals surface area (Å²) < 4.78 is 0. The first-order valence-corrected chi connectivity index (χ1v) is 6.12. The Morgan fingerprint density at radius 3 is 2.94 bits per heavy atom. The minimum Gasteiger partial charge on any atom is -0.465 e. The number of aliphatic imine (C=N–C) groups is 1. The second-order valence-electron chi connectivity index (χ2n) is 4.76. The third-order valence-corrected chi connectivity index (χ3v) is 3.29. The average molecular weight is 245 g/mol. The maximum absolute atomic E-state index is 11.3. The summed E-state index contributed by atoms with van der Waals surface area (Å²) in [5.41, 5.74) is 1.92. The lowest BCUT2D eigenvalue weighted by molar-refractivity contribution is 0.129. The van der Waals surface area contributed by atoms with E-state index in [1.54, 1.807) is 6.21 Å². The highest BCUT2D eigenvalue weighted by molar-refractivity contribution is 5.89. The van der Waals surface area contributed by atoms with Gasteiger partial charge in [0, 0.05) is 24.0 Å². The number of nitrogens with zero attached hydrogens (tertiary/aromatic N) is 2. The molecule has 1 atom stereocenters. The molecule has 1 aromatic carbocycles. The zero-order chi connectivity index (χ0) is 12.5. The number of carboxylic acid groups (broad SMARTS) is 1. The summed E-state index contributed by atoms with van der Waals surface area (Å²) in [4.78, 5) is 16.9. The molecule has 5 nitrogen and oxygen atoms in total. The first-order valence-electron chi connectivity index (χ1n) is 6.12. The minimum absolute atomic E-state index is 0.502. The summed E-state index contributed by atoms with van der Waals surface area (Å²) in [6.07, 6.45) is 2.56. The largest absolute Gasteiger partial charge is 0.465 e. The van der Waals surface area contributed by atoms with Crippen molar-refractivity contribution in [2.45, 2.75) is 19.1 Å². The molecule has 0 bridgehead atoms. The Bertz CT molecular complexity index is 497. The van der Waals surface area contributed by atoms with Crippen molar-refractivity contribution >= 4 is 18.0 Å². The average Bonchev–Trinajstić information content (AvgIpc) is 3.19. The summed E-state index contributed by atoms with van der Waals surface area (Å²) in [5, 5.41) is 12.4. The van der Waals surface area contributed by atoms with Crippen molar-refractivity contribution in [3.63, 3.8) is 0 Å². The summed E-state index contributed by atoms with van der Waals surface area (Å²) in [7, 11) is 0. The SMILES string of the molecule is O=C(O)N(CC1CC1)C1N=Cc2ccccc2N1. The summed E-state index contributed by atoms with van der Waals surface area (Å²) >= 11 is 0. The van der Waals surface area contributed by atoms with Crippen molar-refractivity contribution in [3.05, 3.63) is 29.8 Å². The monoisotopic (exact) mass is 245 g/mol. The van der Waals surface area contributed by atoms with Gasteiger partial charge in [-0.15, -0.1) is 0 Å². The molecule has 0 saturated heterocycles. The molecule has 0 spiro atoms. The van der Waals surface area contributed by atoms with Gasteiger partial charge in [-0.25, -0.2) is 9.79 Å². The Morgan fingerprint density at radius 2 is 2.22 bits per heavy atom. The molecule has 5 heteroatoms. The predicted molar refractivity (Wildman–Crippen MR) is 68.9 cm³/mol. The standard InChI is InChI=1S/C13H15N3O2/c17-13(18)16(8-9-5-6-9)12-14-7-10-3-1-2-4-11(10)15-12/h1-4,7,9,12,15H,5-6,8H2,(H,17,18). The molecule has 1 heterocycles. The molecule has 1 fully saturated rings. The number of rotatable bonds is 3. The van der Waals surface area contributed by atoms with Gasteiger partial charge in [0.25, 0.3) is 0 Å². The molecule has 2 aliphatic rings. The third-order valence-electron chi connectivity index (χ3n) is 3.29. The van der Waals surface area contributed by atoms with Gasteiger partial charge in [0.15, 0.2) is 0 Å². The lowest BCUT2D eigenvalue weighted by Crippen LogP contribution is -2.45. The van der Waals surface area contributed by atoms with E-state index in [0.29, 0.717) is 12.5 Å². The number of carbonyl (C=O) groups is 1. The fourth-order valence-electron chi connectivity index (χ4n) is 2.09. The highest BCUT2D eigenvalue weighted by Crippen LogP contribution is 2.31. The van der Waals surface area contributed by atoms with Gasteiger partial charge in [0.2, 0.25) is 6.29 Å². The van der Waals surface area contributed by atoms with Crippen molar-refractivity contribution in [1.82, 2.24) is 4.90 Å². The van der Waals surface area contributed by atoms with Gasteiger partial charge in [-0.1, -0.05) is 18.2 Å². The van der Waals surface area contributed by atoms with Crippen molar-refractivity contribution in [3.8, 4) is 0 Å². The van der Waals surface area contributed by atoms with Crippen LogP contribution in [0.2, 0.25) is 0 Å². The van der Waals surface area contributed by atoms with Crippen molar-refractivity contribution in [2.24, 2.45) is 10.9 Å². The van der Waals surface area contributed by atoms with Gasteiger partial charge in [0.05, 0.1) is 0 Å². The Balaban J connectivity index is 1.78. The van der Waals surface area contributed by atoms with E-state index in [2.05, 4.69) is 10.3 Å². The molecule has 2 N–H and O–H groups in total. The summed E-state index contributed by atoms with van der Waals surface area (Å²) in [6, 6.07) is 7.75. The lowest BCUT2D eigenvalue weighted by atomic mass is 10.1. The zero-order valence-corrected chi connectivity index (χ0v) is 9.91. The lowest BCUT2D eigenvalue weighted by Gasteiger charge is -2.30. The molecule has 1 aromatic rings. The molecule has 1 aliphatic heterocycles. The van der Waals surface area contributed by atoms with Crippen LogP contribution in [0.3, 0.4) is 0 Å². The van der Waals surface area contributed by atoms with Gasteiger partial charge in [-0.05, 0) is 24.8 Å². The topological polar surface area (TPSA) is 64.9 Å². The van der Waals surface area contributed by atoms with Crippen LogP contribution in [0, 0.1) is 5.92 Å². The molecular weight excluding hydrogens is 230 g/mol. The van der Waals surface area contributed by atoms with E-state index >= 15 is 0 Å². The highest BCUT2D eigenvalue weighted by Gasteiger charge is 2.31. The molecule has 0 radical (unpaired) electrons. The van der Waals surface area contributed by atoms with Gasteiger partial charge >= 0.3 is 6.09 Å². The Hall–Kier alpha value is -2.04. The molecule has 1 aliphatic carbocycles. The van der Waals surface area contributed by atoms with Crippen LogP contribution in [-0.4, -0.2) is 35.1 Å². The maximum Gasteiger partial charge on any atom is 0.410 e. The number of amides is 1. The Kier molecular flexibility index (Phi) is 2.66. The summed E-state index contributed by atoms with van der Waals surface area (Å²) in [6.45, 7) is 0.562. The highest BCUT2D eigenvalue weighted by atomic mass is 16.4. The van der Waals surface area contributed by atoms with Crippen LogP contribution in [0.4, 0.5) is 10.5 Å². The van der Waals surface area contributed by atoms with E-state index < -0.39 is 12.4 Å². The zero-order valence-electron chi connectivity index (χ0n) is 9.91. The van der Waals surface area contributed by atoms with Gasteiger partial charge in [0.1, 0.15) is 0 Å². The van der Waals surface area contributed by atoms with E-state index in [0.717, 1.165) is 24.1 Å². The van der Waals surface area contributed by atoms with E-state index in [1.807, 2.05) is 24.3 Å². The smallest absolute Gasteiger partial charge is 0.410 e. The molecule has 94 valence electrons. The molecular formula is C13H15N3O2. The Labute approximate surface area is 105 Å². The van der Waals surface area contributed by atoms with Crippen LogP contribution >= 0.6 is 0 Å². The number of hydrogen-bond donors (Lipinski definition) is 2. The van der Waals surface area contributed by atoms with Crippen molar-refractivity contribution < 1.29 is 9.90 Å². The third kappa shape index (κ3) is 2.16. The number of benzene rings is 1. The van der Waals surface area contributed by atoms with Crippen LogP contribution in [0.5, 0.6) is 0 Å². The molecule has 1 amide bonds. The van der Waals surface area contributed by atoms with Gasteiger partial charge < -0.3 is 10.4 Å². The normalized spacial score (nSPS) is 21.0. The number of para-hydroxylation sites is 1. The number of hydrogen-bond acceptors (Lipinski definition) is 3. The second-order valence-corrected chi connectivity index (χ2v) is 4.76. The fourth-order valence-corrected chi connectivity index (χ4v) is 2.09. The van der Waals surface area contributed by atoms with Crippen LogP contribution in [0.15, 0.2) is 29.3 Å². The van der Waals surface area contributed by atoms with E-state index in [4.69, 9.17) is 0 Å². The van der Waals surface area contributed by atoms with E-state index in [1.165, 1.54) is 4.90 Å². The number of nitrogens with one attached hydrogen (secondary N) is 1. The van der Waals surface area contributed by atoms with Crippen LogP contribution < -0.4 is 5.32 Å². The minimum atomic E-state index is -0.920. The number of fused-ring (bicyclic) bond motifs is 1. The molecule has 1 unspecified atom stereocenters. The van der Waals surface area contributed by atoms with Crippen molar-refractivity contribution in [1.29, 1.82) is 0 Å². The van der Waals surface area contributed by atoms with Crippen LogP contribution in [0.1, 0.15) is 18.4 Å². The van der Waals surface area contributed by atoms with Crippen LogP contribution in [-0.2, 0) is 0 Å². The first-order chi connectivity index (χ1) is 8.74. The van der Waals surface area contributed by atoms with Crippen molar-refractivity contribution in [2.75, 3.05) is 11.9 Å². The quantitative estimate of drug-likeness (QED) is 0.858. The van der Waals surface area contributed by atoms with Gasteiger partial charge in [-0.2, -0.15) is 0 Å². The molecule has 0 aromatic heterocycles. The molecule has 18 heavy (non-hydrogen) atoms. The maximum atomic E-state index is 11.3. The first kappa shape index (κ1) is 11.1. The van der Waals surface area contributed by atoms with Crippen LogP contribution in [0.25, 0.3) is 0 Å². The molecule has 3 rings (SSSR count). The van der Waals surface area contributed by atoms with E-state index in [9.17, 15) is 9.90 Å². The van der Waals surface area contributed by atoms with E-state index in [-0.39, 0.29) is 0 Å². The number of anilines is 1. The predicted octanol–water partition coefficient (Wildman–Crippen LogP) is 2.20. The molecule has 1 saturated carbocycles. The van der Waals surface area contributed by atoms with Gasteiger partial charge in [-0.3, -0.25) is 4.90 Å². The summed E-state index contributed by atoms with van der Waals surface area (Å²) in [5.74, 6) is 0.510. The Morgan fingerprint density at radius 1 is 1.44 bits per heavy atom. The fraction of sp³-hybridized carbons (Fsp3) is 0.385.